The van der Waals surface area contributed by atoms with Gasteiger partial charge in [-0.15, -0.1) is 0 Å². The molecule has 1 amide bonds. The van der Waals surface area contributed by atoms with Crippen molar-refractivity contribution >= 4 is 34.8 Å². The number of carbonyl (C=O) groups excluding carboxylic acids is 1. The highest BCUT2D eigenvalue weighted by molar-refractivity contribution is 6.30. The van der Waals surface area contributed by atoms with E-state index in [4.69, 9.17) is 11.6 Å². The second-order valence-electron chi connectivity index (χ2n) is 8.72. The van der Waals surface area contributed by atoms with Crippen LogP contribution < -0.4 is 10.2 Å². The molecule has 6 nitrogen and oxygen atoms in total. The standard InChI is InChI=1S/C21H18ClF6N5O/c22-17-15(20(23,24)25)7-29-19(31-17)30-16-4-3-11(6-14(16)10-1-2-10)32-8-13-5-12(32)9-33(13)18(34)21(26,27)28/h3-4,6-7,10,12-13H,1-2,5,8-9H2,(H,29,30,31)/t12-,13-/m0/s1. The maximum absolute atomic E-state index is 12.9. The number of rotatable bonds is 4. The van der Waals surface area contributed by atoms with E-state index in [9.17, 15) is 31.1 Å². The van der Waals surface area contributed by atoms with E-state index in [0.717, 1.165) is 29.0 Å². The quantitative estimate of drug-likeness (QED) is 0.461. The molecule has 1 N–H and O–H groups in total. The minimum absolute atomic E-state index is 0.0136. The fourth-order valence-electron chi connectivity index (χ4n) is 4.70. The third kappa shape index (κ3) is 4.23. The highest BCUT2D eigenvalue weighted by Gasteiger charge is 2.52. The van der Waals surface area contributed by atoms with E-state index in [2.05, 4.69) is 15.3 Å². The molecule has 3 fully saturated rings. The topological polar surface area (TPSA) is 61.4 Å². The molecule has 0 unspecified atom stereocenters. The van der Waals surface area contributed by atoms with Crippen LogP contribution in [0.15, 0.2) is 24.4 Å². The third-order valence-corrected chi connectivity index (χ3v) is 6.71. The monoisotopic (exact) mass is 505 g/mol. The van der Waals surface area contributed by atoms with Crippen molar-refractivity contribution in [3.05, 3.63) is 40.7 Å². The van der Waals surface area contributed by atoms with Gasteiger partial charge in [0.1, 0.15) is 10.7 Å². The lowest BCUT2D eigenvalue weighted by Crippen LogP contribution is -2.52. The molecule has 1 aromatic carbocycles. The van der Waals surface area contributed by atoms with E-state index in [1.165, 1.54) is 0 Å². The minimum Gasteiger partial charge on any atom is -0.365 e. The van der Waals surface area contributed by atoms with Crippen molar-refractivity contribution in [1.82, 2.24) is 14.9 Å². The Morgan fingerprint density at radius 2 is 1.82 bits per heavy atom. The van der Waals surface area contributed by atoms with Crippen LogP contribution in [0, 0.1) is 0 Å². The largest absolute Gasteiger partial charge is 0.471 e. The van der Waals surface area contributed by atoms with Crippen molar-refractivity contribution < 1.29 is 31.1 Å². The summed E-state index contributed by atoms with van der Waals surface area (Å²) in [5, 5.41) is 2.23. The van der Waals surface area contributed by atoms with Crippen LogP contribution in [-0.4, -0.2) is 52.1 Å². The van der Waals surface area contributed by atoms with Crippen LogP contribution in [0.1, 0.15) is 36.3 Å². The van der Waals surface area contributed by atoms with Crippen LogP contribution in [-0.2, 0) is 11.0 Å². The Morgan fingerprint density at radius 3 is 2.38 bits per heavy atom. The first kappa shape index (κ1) is 23.0. The molecule has 2 aliphatic heterocycles. The van der Waals surface area contributed by atoms with Gasteiger partial charge >= 0.3 is 18.3 Å². The van der Waals surface area contributed by atoms with Crippen molar-refractivity contribution in [3.63, 3.8) is 0 Å². The van der Waals surface area contributed by atoms with E-state index in [0.29, 0.717) is 24.8 Å². The summed E-state index contributed by atoms with van der Waals surface area (Å²) < 4.78 is 77.2. The van der Waals surface area contributed by atoms with Crippen molar-refractivity contribution in [1.29, 1.82) is 0 Å². The molecule has 3 heterocycles. The molecule has 13 heteroatoms. The van der Waals surface area contributed by atoms with Crippen molar-refractivity contribution in [3.8, 4) is 0 Å². The molecular formula is C21H18ClF6N5O. The Balaban J connectivity index is 1.35. The summed E-state index contributed by atoms with van der Waals surface area (Å²) in [5.74, 6) is -1.63. The number of likely N-dealkylation sites (tertiary alicyclic amines) is 1. The number of amides is 1. The first-order valence-corrected chi connectivity index (χ1v) is 10.9. The van der Waals surface area contributed by atoms with Crippen LogP contribution in [0.5, 0.6) is 0 Å². The third-order valence-electron chi connectivity index (χ3n) is 6.42. The second kappa shape index (κ2) is 7.89. The Hall–Kier alpha value is -2.76. The van der Waals surface area contributed by atoms with E-state index in [1.54, 1.807) is 12.1 Å². The van der Waals surface area contributed by atoms with Crippen LogP contribution in [0.4, 0.5) is 43.7 Å². The van der Waals surface area contributed by atoms with Gasteiger partial charge in [-0.1, -0.05) is 11.6 Å². The van der Waals surface area contributed by atoms with Gasteiger partial charge < -0.3 is 15.1 Å². The van der Waals surface area contributed by atoms with Crippen LogP contribution in [0.3, 0.4) is 0 Å². The zero-order valence-electron chi connectivity index (χ0n) is 17.4. The van der Waals surface area contributed by atoms with Gasteiger partial charge in [0, 0.05) is 36.7 Å². The molecule has 1 saturated carbocycles. The van der Waals surface area contributed by atoms with E-state index in [-0.39, 0.29) is 24.5 Å². The summed E-state index contributed by atoms with van der Waals surface area (Å²) in [6.07, 6.45) is -6.58. The van der Waals surface area contributed by atoms with Gasteiger partial charge in [0.05, 0.1) is 6.04 Å². The van der Waals surface area contributed by atoms with Crippen LogP contribution >= 0.6 is 11.6 Å². The van der Waals surface area contributed by atoms with Gasteiger partial charge in [-0.25, -0.2) is 9.97 Å². The number of nitrogens with zero attached hydrogens (tertiary/aromatic N) is 4. The maximum atomic E-state index is 12.9. The minimum atomic E-state index is -4.88. The zero-order valence-corrected chi connectivity index (χ0v) is 18.2. The molecule has 1 aliphatic carbocycles. The molecule has 0 radical (unpaired) electrons. The summed E-state index contributed by atoms with van der Waals surface area (Å²) in [7, 11) is 0. The van der Waals surface area contributed by atoms with Crippen LogP contribution in [0.2, 0.25) is 5.15 Å². The highest BCUT2D eigenvalue weighted by atomic mass is 35.5. The number of carbonyl (C=O) groups is 1. The lowest BCUT2D eigenvalue weighted by atomic mass is 10.1. The summed E-state index contributed by atoms with van der Waals surface area (Å²) in [6.45, 7) is 0.320. The SMILES string of the molecule is O=C(N1C[C@@H]2C[C@H]1CN2c1ccc(Nc2ncc(C(F)(F)F)c(Cl)n2)c(C2CC2)c1)C(F)(F)F. The number of anilines is 3. The molecular weight excluding hydrogens is 488 g/mol. The predicted molar refractivity (Wildman–Crippen MR) is 111 cm³/mol. The lowest BCUT2D eigenvalue weighted by Gasteiger charge is -2.36. The van der Waals surface area contributed by atoms with Crippen molar-refractivity contribution in [2.75, 3.05) is 23.3 Å². The van der Waals surface area contributed by atoms with Crippen molar-refractivity contribution in [2.45, 2.75) is 49.6 Å². The Bertz CT molecular complexity index is 1140. The van der Waals surface area contributed by atoms with Gasteiger partial charge in [0.25, 0.3) is 0 Å². The molecule has 2 bridgehead atoms. The Labute approximate surface area is 194 Å². The number of benzene rings is 1. The van der Waals surface area contributed by atoms with E-state index < -0.39 is 35.0 Å². The summed E-state index contributed by atoms with van der Waals surface area (Å²) in [4.78, 5) is 22.0. The first-order chi connectivity index (χ1) is 15.9. The van der Waals surface area contributed by atoms with Crippen LogP contribution in [0.25, 0.3) is 0 Å². The van der Waals surface area contributed by atoms with E-state index >= 15 is 0 Å². The number of fused-ring (bicyclic) bond motifs is 2. The zero-order chi connectivity index (χ0) is 24.4. The number of hydrogen-bond acceptors (Lipinski definition) is 5. The number of hydrogen-bond donors (Lipinski definition) is 1. The Kier molecular flexibility index (Phi) is 5.34. The van der Waals surface area contributed by atoms with Gasteiger partial charge in [-0.2, -0.15) is 26.3 Å². The van der Waals surface area contributed by atoms with E-state index in [1.807, 2.05) is 11.0 Å². The van der Waals surface area contributed by atoms with Gasteiger partial charge in [0.15, 0.2) is 0 Å². The average Bonchev–Trinajstić information content (AvgIpc) is 3.39. The predicted octanol–water partition coefficient (Wildman–Crippen LogP) is 5.12. The normalized spacial score (nSPS) is 22.4. The maximum Gasteiger partial charge on any atom is 0.471 e. The summed E-state index contributed by atoms with van der Waals surface area (Å²) in [5.41, 5.74) is 1.24. The van der Waals surface area contributed by atoms with Gasteiger partial charge in [-0.05, 0) is 48.9 Å². The fraction of sp³-hybridized carbons (Fsp3) is 0.476. The molecule has 5 rings (SSSR count). The molecule has 1 aromatic heterocycles. The van der Waals surface area contributed by atoms with Gasteiger partial charge in [0.2, 0.25) is 5.95 Å². The fourth-order valence-corrected chi connectivity index (χ4v) is 4.94. The summed E-state index contributed by atoms with van der Waals surface area (Å²) in [6, 6.07) is 4.77. The number of piperazine rings is 1. The molecule has 2 aromatic rings. The molecule has 2 saturated heterocycles. The average molecular weight is 506 g/mol. The number of alkyl halides is 6. The molecule has 0 spiro atoms. The molecule has 34 heavy (non-hydrogen) atoms. The van der Waals surface area contributed by atoms with Gasteiger partial charge in [-0.3, -0.25) is 4.79 Å². The first-order valence-electron chi connectivity index (χ1n) is 10.6. The smallest absolute Gasteiger partial charge is 0.365 e. The highest BCUT2D eigenvalue weighted by Crippen LogP contribution is 2.46. The Morgan fingerprint density at radius 1 is 1.09 bits per heavy atom. The number of nitrogens with one attached hydrogen (secondary N) is 1. The molecule has 2 atom stereocenters. The second-order valence-corrected chi connectivity index (χ2v) is 9.08. The number of halogens is 7. The molecule has 3 aliphatic rings. The number of aromatic nitrogens is 2. The summed E-state index contributed by atoms with van der Waals surface area (Å²) >= 11 is 5.69. The van der Waals surface area contributed by atoms with Crippen molar-refractivity contribution in [2.24, 2.45) is 0 Å². The molecule has 182 valence electrons. The lowest BCUT2D eigenvalue weighted by molar-refractivity contribution is -0.186.